The largest absolute Gasteiger partial charge is 0.465 e. The van der Waals surface area contributed by atoms with E-state index in [2.05, 4.69) is 12.1 Å². The van der Waals surface area contributed by atoms with Crippen LogP contribution in [0.5, 0.6) is 0 Å². The van der Waals surface area contributed by atoms with E-state index in [9.17, 15) is 4.79 Å². The standard InChI is InChI=1S/C85H28O6/c86-80(21-15-9-6-10-16-21)89-17-11-3-1-2-4-12-18-90-81(87)85(82(88)91-19-20-13-7-5-8-14-20)83-76-68-60-50-40-32-24-22-23-26-30-28(24)36-44-38(30)48-42-34(26)35-27(23)31-29-25(22)33(32)41-47-37(29)45-39(31)49-43(35)53-52(42)62-56(48)66-58(44)64(54(60)46(36)40)72(76)74(66)78-70(62)71-63(53)57(49)67-59(45)65-55(47)61(51(41)50)69(68)77(83)73(65)75(67)79(71)84(78,83)85/h5-10,13-16H,1-4,11-12,17-19H2. The fourth-order valence-corrected chi connectivity index (χ4v) is 28.1. The van der Waals surface area contributed by atoms with Gasteiger partial charge in [-0.25, -0.2) is 4.79 Å². The number of ether oxygens (including phenoxy) is 3. The van der Waals surface area contributed by atoms with Gasteiger partial charge in [-0.15, -0.1) is 0 Å². The maximum absolute atomic E-state index is 17.7. The Morgan fingerprint density at radius 2 is 0.462 bits per heavy atom. The molecule has 35 rings (SSSR count). The van der Waals surface area contributed by atoms with Crippen molar-refractivity contribution in [2.45, 2.75) is 56.0 Å². The van der Waals surface area contributed by atoms with Crippen LogP contribution in [0.25, 0.3) is 291 Å². The molecule has 2 spiro atoms. The van der Waals surface area contributed by atoms with Crippen molar-refractivity contribution in [1.82, 2.24) is 0 Å². The highest BCUT2D eigenvalue weighted by Gasteiger charge is 3.01. The monoisotopic (exact) mass is 1140 g/mol. The third-order valence-corrected chi connectivity index (χ3v) is 29.2. The Bertz CT molecular complexity index is 7750. The number of rotatable bonds is 14. The number of carbonyl (C=O) groups excluding carboxylic acids is 3. The molecule has 0 saturated heterocycles. The van der Waals surface area contributed by atoms with Crippen LogP contribution in [0, 0.1) is 5.41 Å². The Labute approximate surface area is 503 Å². The molecule has 5 aliphatic rings. The molecule has 30 aromatic carbocycles. The van der Waals surface area contributed by atoms with Crippen molar-refractivity contribution >= 4 is 309 Å². The molecule has 6 heteroatoms. The van der Waals surface area contributed by atoms with Crippen molar-refractivity contribution in [3.05, 3.63) is 94.0 Å². The van der Waals surface area contributed by atoms with Crippen LogP contribution < -0.4 is 0 Å². The van der Waals surface area contributed by atoms with Crippen LogP contribution in [0.3, 0.4) is 0 Å². The molecular weight excluding hydrogens is 1120 g/mol. The molecule has 5 aliphatic carbocycles. The molecule has 1 saturated carbocycles. The Balaban J connectivity index is 0.758. The topological polar surface area (TPSA) is 78.9 Å². The van der Waals surface area contributed by atoms with E-state index < -0.39 is 28.2 Å². The van der Waals surface area contributed by atoms with Gasteiger partial charge in [0.2, 0.25) is 0 Å². The first-order valence-corrected chi connectivity index (χ1v) is 33.5. The van der Waals surface area contributed by atoms with Gasteiger partial charge < -0.3 is 14.2 Å². The Kier molecular flexibility index (Phi) is 4.41. The maximum Gasteiger partial charge on any atom is 0.338 e. The highest BCUT2D eigenvalue weighted by molar-refractivity contribution is 6.82. The van der Waals surface area contributed by atoms with Crippen LogP contribution >= 0.6 is 0 Å². The van der Waals surface area contributed by atoms with Crippen molar-refractivity contribution in [1.29, 1.82) is 0 Å². The Morgan fingerprint density at radius 3 is 0.736 bits per heavy atom. The first kappa shape index (κ1) is 39.3. The maximum atomic E-state index is 17.7. The molecule has 404 valence electrons. The van der Waals surface area contributed by atoms with Gasteiger partial charge in [0.05, 0.1) is 29.6 Å². The minimum atomic E-state index is -1.80. The summed E-state index contributed by atoms with van der Waals surface area (Å²) < 4.78 is 20.0. The molecule has 0 aliphatic heterocycles. The van der Waals surface area contributed by atoms with Crippen LogP contribution in [-0.2, 0) is 41.2 Å². The zero-order valence-electron chi connectivity index (χ0n) is 47.6. The summed E-state index contributed by atoms with van der Waals surface area (Å²) >= 11 is 0. The summed E-state index contributed by atoms with van der Waals surface area (Å²) in [6.45, 7) is 0.666. The van der Waals surface area contributed by atoms with Crippen molar-refractivity contribution in [3.8, 4) is 0 Å². The summed E-state index contributed by atoms with van der Waals surface area (Å²) in [6, 6.07) is 19.4. The molecule has 0 heterocycles. The lowest BCUT2D eigenvalue weighted by atomic mass is 9.68. The third kappa shape index (κ3) is 2.58. The van der Waals surface area contributed by atoms with Gasteiger partial charge >= 0.3 is 17.9 Å². The van der Waals surface area contributed by atoms with Gasteiger partial charge in [-0.05, 0) is 344 Å². The van der Waals surface area contributed by atoms with Crippen molar-refractivity contribution in [3.63, 3.8) is 0 Å². The van der Waals surface area contributed by atoms with Crippen molar-refractivity contribution in [2.75, 3.05) is 13.2 Å². The van der Waals surface area contributed by atoms with Gasteiger partial charge in [0, 0.05) is 0 Å². The summed E-state index contributed by atoms with van der Waals surface area (Å²) in [6.07, 6.45) is 5.24. The number of hydrogen-bond donors (Lipinski definition) is 0. The minimum Gasteiger partial charge on any atom is -0.465 e. The van der Waals surface area contributed by atoms with Gasteiger partial charge in [-0.3, -0.25) is 9.59 Å². The van der Waals surface area contributed by atoms with Crippen LogP contribution in [0.4, 0.5) is 0 Å². The highest BCUT2D eigenvalue weighted by atomic mass is 16.6. The van der Waals surface area contributed by atoms with E-state index in [1.165, 1.54) is 259 Å². The molecule has 0 atom stereocenters. The molecule has 0 N–H and O–H groups in total. The molecule has 0 radical (unpaired) electrons. The minimum absolute atomic E-state index is 0.0608. The lowest BCUT2D eigenvalue weighted by Gasteiger charge is -2.32. The molecule has 0 bridgehead atoms. The third-order valence-electron chi connectivity index (χ3n) is 29.2. The fourth-order valence-electron chi connectivity index (χ4n) is 28.1. The second-order valence-electron chi connectivity index (χ2n) is 30.8. The Morgan fingerprint density at radius 1 is 0.242 bits per heavy atom. The Hall–Kier alpha value is -10.7. The predicted molar refractivity (Wildman–Crippen MR) is 368 cm³/mol. The van der Waals surface area contributed by atoms with E-state index in [0.29, 0.717) is 18.6 Å². The van der Waals surface area contributed by atoms with E-state index in [4.69, 9.17) is 14.2 Å². The molecule has 0 amide bonds. The molecule has 0 aromatic heterocycles. The van der Waals surface area contributed by atoms with E-state index in [1.807, 2.05) is 36.4 Å². The number of unbranched alkanes of at least 4 members (excludes halogenated alkanes) is 5. The van der Waals surface area contributed by atoms with E-state index in [1.54, 1.807) is 66.0 Å². The summed E-state index contributed by atoms with van der Waals surface area (Å²) in [4.78, 5) is 48.0. The van der Waals surface area contributed by atoms with Gasteiger partial charge in [0.1, 0.15) is 6.61 Å². The van der Waals surface area contributed by atoms with Gasteiger partial charge in [0.25, 0.3) is 0 Å². The second-order valence-corrected chi connectivity index (χ2v) is 30.8. The van der Waals surface area contributed by atoms with Gasteiger partial charge in [-0.1, -0.05) is 74.2 Å². The lowest BCUT2D eigenvalue weighted by Crippen LogP contribution is -2.38. The zero-order chi connectivity index (χ0) is 56.4. The molecule has 6 nitrogen and oxygen atoms in total. The van der Waals surface area contributed by atoms with E-state index >= 15 is 9.59 Å². The molecule has 91 heavy (non-hydrogen) atoms. The molecule has 0 unspecified atom stereocenters. The lowest BCUT2D eigenvalue weighted by molar-refractivity contribution is -0.167. The quantitative estimate of drug-likeness (QED) is 0.0355. The number of benzene rings is 20. The first-order chi connectivity index (χ1) is 45.1. The number of carbonyl (C=O) groups is 3. The van der Waals surface area contributed by atoms with E-state index in [0.717, 1.165) is 37.7 Å². The highest BCUT2D eigenvalue weighted by Crippen LogP contribution is 2.96. The van der Waals surface area contributed by atoms with Crippen LogP contribution in [-0.4, -0.2) is 31.1 Å². The molecular formula is C85H28O6. The summed E-state index contributed by atoms with van der Waals surface area (Å²) in [5.41, 5.74) is 2.40. The zero-order valence-corrected chi connectivity index (χ0v) is 47.6. The molecule has 30 aromatic rings. The van der Waals surface area contributed by atoms with E-state index in [-0.39, 0.29) is 19.2 Å². The first-order valence-electron chi connectivity index (χ1n) is 33.5. The van der Waals surface area contributed by atoms with Gasteiger partial charge in [0.15, 0.2) is 5.41 Å². The summed E-state index contributed by atoms with van der Waals surface area (Å²) in [5, 5.41) is 79.2. The summed E-state index contributed by atoms with van der Waals surface area (Å²) in [5.74, 6) is -1.11. The second kappa shape index (κ2) is 10.2. The predicted octanol–water partition coefficient (Wildman–Crippen LogP) is 20.8. The van der Waals surface area contributed by atoms with Crippen LogP contribution in [0.15, 0.2) is 60.7 Å². The van der Waals surface area contributed by atoms with Crippen LogP contribution in [0.1, 0.15) is 76.7 Å². The van der Waals surface area contributed by atoms with Crippen molar-refractivity contribution < 1.29 is 28.6 Å². The van der Waals surface area contributed by atoms with Crippen LogP contribution in [0.2, 0.25) is 0 Å². The average Bonchev–Trinajstić information content (AvgIpc) is 1.36. The SMILES string of the molecule is O=C(OCCCCCCCCOC(=O)C1(C(=O)OCc2ccccc2)C23c4c5c6c7c8c9c(c%10c%11c2c2c4c4c%12c5c5c6c6c8c8c%13c9c9c%10c%10c%11c%11c2c2c4c4c%12c%12c5c5c6c8c6c8c%13c9c9c%10c%10c%11c2c2c4c4c%12c5c6c5c8c9c%10c2c45)C713)c1ccccc1. The van der Waals surface area contributed by atoms with Crippen molar-refractivity contribution in [2.24, 2.45) is 5.41 Å². The smallest absolute Gasteiger partial charge is 0.338 e. The fraction of sp³-hybridized carbons (Fsp3) is 0.141. The normalized spacial score (nSPS) is 21.2. The van der Waals surface area contributed by atoms with Gasteiger partial charge in [-0.2, -0.15) is 0 Å². The number of hydrogen-bond acceptors (Lipinski definition) is 6. The summed E-state index contributed by atoms with van der Waals surface area (Å²) in [7, 11) is 0. The average molecular weight is 1150 g/mol. The molecule has 1 fully saturated rings. The number of esters is 3.